The monoisotopic (exact) mass is 549 g/mol. The number of aryl methyl sites for hydroxylation is 1. The van der Waals surface area contributed by atoms with Crippen molar-refractivity contribution in [2.24, 2.45) is 0 Å². The summed E-state index contributed by atoms with van der Waals surface area (Å²) in [6.45, 7) is 4.74. The number of hydrogen-bond donors (Lipinski definition) is 2. The number of piperidine rings is 1. The standard InChI is InChI=1S/C29H35N5O6/c1-18-14-19(16-25-27(18)31-29(38)40-25)24(35)6-7-26(36)33-10-8-21(9-11-33)34-17-20-15-22(39-13-12-32(2)3)4-5-23(20)30-28(34)37/h4-5,14-16,21H,6-13,17H2,1-3H3,(H,30,37)(H,31,38). The lowest BCUT2D eigenvalue weighted by Gasteiger charge is -2.40. The molecular formula is C29H35N5O6. The minimum atomic E-state index is -0.568. The van der Waals surface area contributed by atoms with E-state index in [0.29, 0.717) is 55.7 Å². The molecule has 1 aromatic heterocycles. The number of ether oxygens (including phenoxy) is 1. The van der Waals surface area contributed by atoms with Gasteiger partial charge in [-0.15, -0.1) is 0 Å². The summed E-state index contributed by atoms with van der Waals surface area (Å²) in [4.78, 5) is 58.3. The highest BCUT2D eigenvalue weighted by Gasteiger charge is 2.33. The van der Waals surface area contributed by atoms with E-state index in [1.54, 1.807) is 24.0 Å². The van der Waals surface area contributed by atoms with E-state index in [0.717, 1.165) is 29.1 Å². The summed E-state index contributed by atoms with van der Waals surface area (Å²) in [5.41, 5.74) is 3.86. The molecule has 0 bridgehead atoms. The van der Waals surface area contributed by atoms with Crippen LogP contribution in [0.3, 0.4) is 0 Å². The van der Waals surface area contributed by atoms with Gasteiger partial charge >= 0.3 is 11.8 Å². The zero-order chi connectivity index (χ0) is 28.4. The maximum atomic E-state index is 12.9. The molecule has 2 aliphatic rings. The lowest BCUT2D eigenvalue weighted by molar-refractivity contribution is -0.132. The van der Waals surface area contributed by atoms with Gasteiger partial charge < -0.3 is 29.2 Å². The molecule has 0 unspecified atom stereocenters. The van der Waals surface area contributed by atoms with Crippen molar-refractivity contribution >= 4 is 34.5 Å². The maximum absolute atomic E-state index is 12.9. The molecule has 3 aromatic rings. The van der Waals surface area contributed by atoms with Gasteiger partial charge in [-0.05, 0) is 75.3 Å². The Kier molecular flexibility index (Phi) is 7.92. The fourth-order valence-corrected chi connectivity index (χ4v) is 5.33. The van der Waals surface area contributed by atoms with Crippen LogP contribution in [0.1, 0.15) is 47.2 Å². The molecular weight excluding hydrogens is 514 g/mol. The minimum Gasteiger partial charge on any atom is -0.492 e. The van der Waals surface area contributed by atoms with Gasteiger partial charge in [0.1, 0.15) is 12.4 Å². The summed E-state index contributed by atoms with van der Waals surface area (Å²) in [6.07, 6.45) is 1.52. The second-order valence-electron chi connectivity index (χ2n) is 10.7. The third kappa shape index (κ3) is 6.04. The smallest absolute Gasteiger partial charge is 0.417 e. The van der Waals surface area contributed by atoms with E-state index < -0.39 is 5.76 Å². The highest BCUT2D eigenvalue weighted by Crippen LogP contribution is 2.31. The highest BCUT2D eigenvalue weighted by molar-refractivity contribution is 6.00. The molecule has 2 aromatic carbocycles. The summed E-state index contributed by atoms with van der Waals surface area (Å²) in [5, 5.41) is 2.99. The molecule has 0 saturated carbocycles. The number of Topliss-reactive ketones (excluding diaryl/α,β-unsaturated/α-hetero) is 1. The van der Waals surface area contributed by atoms with Crippen molar-refractivity contribution in [2.45, 2.75) is 45.2 Å². The highest BCUT2D eigenvalue weighted by atomic mass is 16.5. The van der Waals surface area contributed by atoms with Crippen LogP contribution in [0.2, 0.25) is 0 Å². The maximum Gasteiger partial charge on any atom is 0.417 e. The molecule has 1 saturated heterocycles. The number of fused-ring (bicyclic) bond motifs is 2. The van der Waals surface area contributed by atoms with Gasteiger partial charge in [0.25, 0.3) is 0 Å². The number of aromatic amines is 1. The lowest BCUT2D eigenvalue weighted by Crippen LogP contribution is -2.51. The molecule has 11 heteroatoms. The van der Waals surface area contributed by atoms with E-state index in [2.05, 4.69) is 15.2 Å². The Morgan fingerprint density at radius 2 is 1.88 bits per heavy atom. The number of H-pyrrole nitrogens is 1. The quantitative estimate of drug-likeness (QED) is 0.392. The van der Waals surface area contributed by atoms with Crippen molar-refractivity contribution in [3.8, 4) is 5.75 Å². The molecule has 1 fully saturated rings. The zero-order valence-electron chi connectivity index (χ0n) is 23.1. The fraction of sp³-hybridized carbons (Fsp3) is 0.448. The topological polar surface area (TPSA) is 128 Å². The van der Waals surface area contributed by atoms with Crippen LogP contribution in [0.4, 0.5) is 10.5 Å². The van der Waals surface area contributed by atoms with Crippen molar-refractivity contribution in [3.63, 3.8) is 0 Å². The first-order valence-corrected chi connectivity index (χ1v) is 13.6. The molecule has 0 atom stereocenters. The van der Waals surface area contributed by atoms with Crippen molar-refractivity contribution in [3.05, 3.63) is 57.6 Å². The lowest BCUT2D eigenvalue weighted by atomic mass is 9.99. The average Bonchev–Trinajstić information content (AvgIpc) is 3.32. The van der Waals surface area contributed by atoms with Crippen LogP contribution in [0.25, 0.3) is 11.1 Å². The molecule has 0 radical (unpaired) electrons. The Bertz CT molecular complexity index is 1480. The van der Waals surface area contributed by atoms with Gasteiger partial charge in [-0.1, -0.05) is 0 Å². The average molecular weight is 550 g/mol. The number of ketones is 1. The number of anilines is 1. The van der Waals surface area contributed by atoms with Gasteiger partial charge in [-0.2, -0.15) is 0 Å². The normalized spacial score (nSPS) is 15.8. The minimum absolute atomic E-state index is 0.0165. The number of nitrogens with one attached hydrogen (secondary N) is 2. The first kappa shape index (κ1) is 27.4. The summed E-state index contributed by atoms with van der Waals surface area (Å²) >= 11 is 0. The van der Waals surface area contributed by atoms with E-state index in [4.69, 9.17) is 9.15 Å². The number of hydrogen-bond acceptors (Lipinski definition) is 7. The molecule has 2 aliphatic heterocycles. The number of benzene rings is 2. The molecule has 40 heavy (non-hydrogen) atoms. The Morgan fingerprint density at radius 3 is 2.62 bits per heavy atom. The van der Waals surface area contributed by atoms with Crippen LogP contribution in [-0.2, 0) is 11.3 Å². The number of nitrogens with zero attached hydrogens (tertiary/aromatic N) is 3. The fourth-order valence-electron chi connectivity index (χ4n) is 5.33. The van der Waals surface area contributed by atoms with Gasteiger partial charge in [0.15, 0.2) is 11.4 Å². The number of oxazole rings is 1. The number of urea groups is 1. The molecule has 11 nitrogen and oxygen atoms in total. The number of aromatic nitrogens is 1. The van der Waals surface area contributed by atoms with Crippen molar-refractivity contribution in [1.82, 2.24) is 19.7 Å². The number of amides is 3. The zero-order valence-corrected chi connectivity index (χ0v) is 23.1. The first-order valence-electron chi connectivity index (χ1n) is 13.6. The first-order chi connectivity index (χ1) is 19.2. The van der Waals surface area contributed by atoms with E-state index in [1.807, 2.05) is 37.2 Å². The molecule has 0 aliphatic carbocycles. The number of likely N-dealkylation sites (N-methyl/N-ethyl adjacent to an activating group) is 1. The summed E-state index contributed by atoms with van der Waals surface area (Å²) in [5.74, 6) is -0.0437. The number of likely N-dealkylation sites (tertiary alicyclic amines) is 1. The van der Waals surface area contributed by atoms with Gasteiger partial charge in [0.2, 0.25) is 5.91 Å². The van der Waals surface area contributed by atoms with Crippen LogP contribution >= 0.6 is 0 Å². The molecule has 3 heterocycles. The van der Waals surface area contributed by atoms with Crippen molar-refractivity contribution < 1.29 is 23.5 Å². The van der Waals surface area contributed by atoms with E-state index in [9.17, 15) is 19.2 Å². The second-order valence-corrected chi connectivity index (χ2v) is 10.7. The van der Waals surface area contributed by atoms with E-state index in [1.165, 1.54) is 0 Å². The third-order valence-electron chi connectivity index (χ3n) is 7.60. The summed E-state index contributed by atoms with van der Waals surface area (Å²) in [6, 6.07) is 8.86. The summed E-state index contributed by atoms with van der Waals surface area (Å²) < 4.78 is 11.0. The Hall–Kier alpha value is -4.12. The molecule has 0 spiro atoms. The molecule has 212 valence electrons. The van der Waals surface area contributed by atoms with Gasteiger partial charge in [-0.3, -0.25) is 14.6 Å². The molecule has 3 amide bonds. The van der Waals surface area contributed by atoms with E-state index >= 15 is 0 Å². The predicted octanol–water partition coefficient (Wildman–Crippen LogP) is 3.37. The third-order valence-corrected chi connectivity index (χ3v) is 7.60. The van der Waals surface area contributed by atoms with Crippen LogP contribution in [0.15, 0.2) is 39.5 Å². The second kappa shape index (κ2) is 11.5. The number of rotatable bonds is 9. The van der Waals surface area contributed by atoms with E-state index in [-0.39, 0.29) is 36.6 Å². The molecule has 5 rings (SSSR count). The van der Waals surface area contributed by atoms with Crippen LogP contribution in [0, 0.1) is 6.92 Å². The van der Waals surface area contributed by atoms with Crippen LogP contribution in [0.5, 0.6) is 5.75 Å². The Balaban J connectivity index is 1.13. The molecule has 2 N–H and O–H groups in total. The van der Waals surface area contributed by atoms with Crippen LogP contribution in [-0.4, -0.2) is 83.8 Å². The van der Waals surface area contributed by atoms with Crippen LogP contribution < -0.4 is 15.8 Å². The summed E-state index contributed by atoms with van der Waals surface area (Å²) in [7, 11) is 3.99. The van der Waals surface area contributed by atoms with Gasteiger partial charge in [0, 0.05) is 56.3 Å². The largest absolute Gasteiger partial charge is 0.492 e. The SMILES string of the molecule is Cc1cc(C(=O)CCC(=O)N2CCC(N3Cc4cc(OCCN(C)C)ccc4NC3=O)CC2)cc2oc(=O)[nH]c12. The van der Waals surface area contributed by atoms with Crippen molar-refractivity contribution in [1.29, 1.82) is 0 Å². The number of carbonyl (C=O) groups is 3. The van der Waals surface area contributed by atoms with Gasteiger partial charge in [-0.25, -0.2) is 9.59 Å². The number of carbonyl (C=O) groups excluding carboxylic acids is 3. The predicted molar refractivity (Wildman–Crippen MR) is 150 cm³/mol. The Labute approximate surface area is 232 Å². The Morgan fingerprint density at radius 1 is 1.10 bits per heavy atom. The van der Waals surface area contributed by atoms with Crippen molar-refractivity contribution in [2.75, 3.05) is 45.7 Å². The van der Waals surface area contributed by atoms with Gasteiger partial charge in [0.05, 0.1) is 5.52 Å².